The third-order valence-corrected chi connectivity index (χ3v) is 26.7. The summed E-state index contributed by atoms with van der Waals surface area (Å²) >= 11 is 0. The second-order valence-corrected chi connectivity index (χ2v) is 29.4. The van der Waals surface area contributed by atoms with Crippen LogP contribution in [0.25, 0.3) is 0 Å². The van der Waals surface area contributed by atoms with Gasteiger partial charge in [-0.25, -0.2) is 4.79 Å². The number of alkyl carbamates (subject to hydrolysis) is 1. The van der Waals surface area contributed by atoms with Gasteiger partial charge in [-0.2, -0.15) is 0 Å². The number of carbonyl (C=O) groups is 8. The van der Waals surface area contributed by atoms with Gasteiger partial charge >= 0.3 is 12.1 Å². The number of allylic oxidation sites excluding steroid dienone is 4. The van der Waals surface area contributed by atoms with E-state index >= 15 is 0 Å². The van der Waals surface area contributed by atoms with Crippen molar-refractivity contribution in [1.29, 1.82) is 0 Å². The van der Waals surface area contributed by atoms with Crippen LogP contribution in [-0.4, -0.2) is 105 Å². The van der Waals surface area contributed by atoms with E-state index in [2.05, 4.69) is 71.2 Å². The molecule has 0 bridgehead atoms. The molecule has 2 heterocycles. The van der Waals surface area contributed by atoms with Gasteiger partial charge in [-0.1, -0.05) is 104 Å². The van der Waals surface area contributed by atoms with Gasteiger partial charge in [0.1, 0.15) is 19.3 Å². The molecule has 92 heavy (non-hydrogen) atoms. The lowest BCUT2D eigenvalue weighted by Crippen LogP contribution is -2.71. The molecule has 19 nitrogen and oxygen atoms in total. The lowest BCUT2D eigenvalue weighted by Gasteiger charge is -2.61. The average Bonchev–Trinajstić information content (AvgIpc) is 1.21. The first kappa shape index (κ1) is 56.5. The van der Waals surface area contributed by atoms with Gasteiger partial charge in [0.2, 0.25) is 23.6 Å². The topological polar surface area (TPSA) is 276 Å². The fraction of sp³-hybridized carbons (Fsp3) is 0.479. The molecule has 7 N–H and O–H groups in total. The van der Waals surface area contributed by atoms with Crippen molar-refractivity contribution in [3.8, 4) is 11.8 Å². The number of hydrogen-bond donors (Lipinski definition) is 7. The number of ketones is 2. The summed E-state index contributed by atoms with van der Waals surface area (Å²) in [6, 6.07) is 28.8. The first-order valence-electron chi connectivity index (χ1n) is 32.6. The van der Waals surface area contributed by atoms with Crippen LogP contribution in [0.5, 0.6) is 0 Å². The number of nitrogens with zero attached hydrogens (tertiary/aromatic N) is 1. The van der Waals surface area contributed by atoms with E-state index < -0.39 is 96.1 Å². The Hall–Kier alpha value is -8.28. The van der Waals surface area contributed by atoms with E-state index in [1.165, 1.54) is 5.56 Å². The summed E-state index contributed by atoms with van der Waals surface area (Å²) in [5.74, 6) is 4.60. The number of rotatable bonds is 19. The lowest BCUT2D eigenvalue weighted by atomic mass is 9.42. The van der Waals surface area contributed by atoms with Crippen LogP contribution in [0.2, 0.25) is 0 Å². The van der Waals surface area contributed by atoms with Crippen molar-refractivity contribution < 1.29 is 67.9 Å². The molecule has 18 rings (SSSR count). The van der Waals surface area contributed by atoms with Gasteiger partial charge in [0.15, 0.2) is 23.5 Å². The highest BCUT2D eigenvalue weighted by molar-refractivity contribution is 6.04. The Kier molecular flexibility index (Phi) is 11.2. The molecule has 1 saturated heterocycles. The van der Waals surface area contributed by atoms with Crippen molar-refractivity contribution >= 4 is 58.6 Å². The number of fused-ring (bicyclic) bond motifs is 15. The number of para-hydroxylation sites is 1. The largest absolute Gasteiger partial charge is 0.481 e. The maximum absolute atomic E-state index is 14.2. The number of aliphatic hydroxyl groups is 2. The van der Waals surface area contributed by atoms with E-state index in [0.29, 0.717) is 75.3 Å². The predicted molar refractivity (Wildman–Crippen MR) is 325 cm³/mol. The summed E-state index contributed by atoms with van der Waals surface area (Å²) in [7, 11) is 0. The number of Topliss-reactive ketones (excluding diaryl/α,β-unsaturated/α-hetero) is 1. The number of aliphatic hydroxyl groups excluding tert-OH is 2. The maximum atomic E-state index is 14.2. The fourth-order valence-electron chi connectivity index (χ4n) is 24.7. The van der Waals surface area contributed by atoms with E-state index in [1.807, 2.05) is 54.6 Å². The van der Waals surface area contributed by atoms with Gasteiger partial charge < -0.3 is 55.7 Å². The quantitative estimate of drug-likeness (QED) is 0.0521. The Labute approximate surface area is 529 Å². The summed E-state index contributed by atoms with van der Waals surface area (Å²) in [5, 5.41) is 43.3. The summed E-state index contributed by atoms with van der Waals surface area (Å²) in [5.41, 5.74) is 5.94. The number of benzene rings is 4. The zero-order valence-corrected chi connectivity index (χ0v) is 50.8. The van der Waals surface area contributed by atoms with Crippen LogP contribution in [0.3, 0.4) is 0 Å². The van der Waals surface area contributed by atoms with Crippen molar-refractivity contribution in [2.45, 2.75) is 120 Å². The SMILES string of the molecule is C[C@]12C=CC(=O)C=C1CC[C@@H]1[C@@H]2[C@@H](O)C[C@@]2(C)[C@H]1C[C@H]1O[C@@H](c3ccc(CC45C6C7C8(NC(=O)OCc9ccc(NC(=O)[C@H](CCC(=O)O)NC(=O)CNC(=O)CCC(=O)N%10Cc%11ccccc%11C#Cc%11ccccc%11%10)cc9)C9C4C94C59C67C849)cc3)O[C@]12C(=O)CO. The van der Waals surface area contributed by atoms with E-state index in [4.69, 9.17) is 14.2 Å². The molecule has 2 aliphatic heterocycles. The Bertz CT molecular complexity index is 4190. The van der Waals surface area contributed by atoms with Crippen LogP contribution in [0.4, 0.5) is 16.2 Å². The predicted octanol–water partition coefficient (Wildman–Crippen LogP) is 6.13. The molecule has 4 aromatic rings. The van der Waals surface area contributed by atoms with Crippen molar-refractivity contribution in [3.63, 3.8) is 0 Å². The molecule has 16 atom stereocenters. The molecule has 4 spiro atoms. The number of aliphatic carboxylic acids is 1. The van der Waals surface area contributed by atoms with Crippen LogP contribution in [0.15, 0.2) is 121 Å². The number of carboxylic acids is 1. The third-order valence-electron chi connectivity index (χ3n) is 26.7. The minimum Gasteiger partial charge on any atom is -0.481 e. The Morgan fingerprint density at radius 2 is 1.54 bits per heavy atom. The van der Waals surface area contributed by atoms with Crippen LogP contribution in [-0.2, 0) is 67.3 Å². The monoisotopic (exact) mass is 1240 g/mol. The first-order valence-corrected chi connectivity index (χ1v) is 32.6. The van der Waals surface area contributed by atoms with Crippen molar-refractivity contribution in [2.24, 2.45) is 79.3 Å². The highest BCUT2D eigenvalue weighted by Gasteiger charge is 3.56. The summed E-state index contributed by atoms with van der Waals surface area (Å²) in [4.78, 5) is 107. The zero-order valence-electron chi connectivity index (χ0n) is 50.8. The number of ether oxygens (including phenoxy) is 3. The van der Waals surface area contributed by atoms with E-state index in [1.54, 1.807) is 41.3 Å². The molecule has 12 aliphatic carbocycles. The average molecular weight is 1240 g/mol. The van der Waals surface area contributed by atoms with Crippen LogP contribution in [0.1, 0.15) is 105 Å². The van der Waals surface area contributed by atoms with Gasteiger partial charge in [-0.05, 0) is 155 Å². The normalized spacial score (nSPS) is 40.9. The number of nitrogens with one attached hydrogen (secondary N) is 4. The molecule has 19 heteroatoms. The summed E-state index contributed by atoms with van der Waals surface area (Å²) in [6.07, 6.45) is 5.18. The van der Waals surface area contributed by atoms with E-state index in [0.717, 1.165) is 41.5 Å². The Morgan fingerprint density at radius 1 is 0.826 bits per heavy atom. The second-order valence-electron chi connectivity index (χ2n) is 29.4. The van der Waals surface area contributed by atoms with Crippen LogP contribution in [0, 0.1) is 91.2 Å². The molecular formula is C73H69N5O14. The Balaban J connectivity index is 0.465. The van der Waals surface area contributed by atoms with Gasteiger partial charge in [-0.3, -0.25) is 33.6 Å². The smallest absolute Gasteiger partial charge is 0.407 e. The Morgan fingerprint density at radius 3 is 2.29 bits per heavy atom. The maximum Gasteiger partial charge on any atom is 0.407 e. The second kappa shape index (κ2) is 18.3. The molecule has 0 aromatic heterocycles. The van der Waals surface area contributed by atoms with Crippen LogP contribution >= 0.6 is 0 Å². The van der Waals surface area contributed by atoms with Crippen LogP contribution < -0.4 is 26.2 Å². The molecular weight excluding hydrogens is 1170 g/mol. The fourth-order valence-corrected chi connectivity index (χ4v) is 24.7. The molecule has 4 aromatic carbocycles. The molecule has 11 saturated carbocycles. The van der Waals surface area contributed by atoms with Gasteiger partial charge in [0.05, 0.1) is 36.5 Å². The van der Waals surface area contributed by atoms with Crippen molar-refractivity contribution in [2.75, 3.05) is 23.4 Å². The van der Waals surface area contributed by atoms with E-state index in [-0.39, 0.29) is 78.2 Å². The molecule has 6 unspecified atom stereocenters. The standard InChI is InChI=1S/C73H69N5O14/c1-65-28-27-45(80)29-43(65)19-22-46-47-30-52-71(51(82)35-79,66(47,2)32-50(81)57(46)65)92-63(91-52)41-15-11-37(12-16-41)31-67-58-60-68(58)72(67)69-59(67)61(69)70(60,73(68,69)72)77-64(89)90-36-38-13-20-44(21-14-38)75-62(88)48(23-26-56(86)87)76-54(84)33-74-53(83)24-25-55(85)78-34-42-9-4-3-7-39(42)17-18-40-8-5-6-10-49(40)78/h3-16,20-21,27-29,46-48,50,52,57-61,63,79,81H,19,22-26,30-36H2,1-2H3,(H,74,83)(H,75,88)(H,76,84)(H,77,89)(H,86,87)/t46-,47-,48-,50-,52+,57+,58?,59?,60?,61?,63+,65-,66-,67?,68?,69?,70?,71+,72?,73?/m0/s1. The number of anilines is 2. The molecule has 0 radical (unpaired) electrons. The number of carboxylic acid groups (broad SMARTS) is 1. The number of hydrogen-bond acceptors (Lipinski definition) is 13. The molecule has 5 amide bonds. The van der Waals surface area contributed by atoms with Gasteiger partial charge in [-0.15, -0.1) is 0 Å². The van der Waals surface area contributed by atoms with Crippen molar-refractivity contribution in [3.05, 3.63) is 154 Å². The van der Waals surface area contributed by atoms with Crippen molar-refractivity contribution in [1.82, 2.24) is 16.0 Å². The first-order chi connectivity index (χ1) is 44.3. The lowest BCUT2D eigenvalue weighted by molar-refractivity contribution is -0.201. The van der Waals surface area contributed by atoms with Gasteiger partial charge in [0.25, 0.3) is 0 Å². The minimum atomic E-state index is -1.42. The zero-order chi connectivity index (χ0) is 63.2. The number of amides is 5. The molecule has 14 aliphatic rings. The van der Waals surface area contributed by atoms with E-state index in [9.17, 15) is 53.7 Å². The molecule has 12 fully saturated rings. The summed E-state index contributed by atoms with van der Waals surface area (Å²) in [6.45, 7) is 3.25. The van der Waals surface area contributed by atoms with Gasteiger partial charge in [0, 0.05) is 63.8 Å². The highest BCUT2D eigenvalue weighted by atomic mass is 16.7. The highest BCUT2D eigenvalue weighted by Crippen LogP contribution is 3.54. The summed E-state index contributed by atoms with van der Waals surface area (Å²) < 4.78 is 19.6. The third kappa shape index (κ3) is 6.17. The number of carbonyl (C=O) groups excluding carboxylic acids is 7. The minimum absolute atomic E-state index is 0.00103. The molecule has 470 valence electrons.